The fraction of sp³-hybridized carbons (Fsp3) is 0.660. The number of hydrogen-bond donors (Lipinski definition) is 12. The van der Waals surface area contributed by atoms with E-state index in [2.05, 4.69) is 26.6 Å². The van der Waals surface area contributed by atoms with Crippen LogP contribution in [0.15, 0.2) is 0 Å². The number of carbonyl (C=O) groups excluding carboxylic acids is 5. The predicted molar refractivity (Wildman–Crippen MR) is 314 cm³/mol. The summed E-state index contributed by atoms with van der Waals surface area (Å²) in [6, 6.07) is 0. The van der Waals surface area contributed by atoms with Crippen LogP contribution in [-0.2, 0) is 38.3 Å². The van der Waals surface area contributed by atoms with Crippen molar-refractivity contribution in [1.82, 2.24) is 60.5 Å². The van der Waals surface area contributed by atoms with Crippen molar-refractivity contribution in [3.05, 3.63) is 21.8 Å². The van der Waals surface area contributed by atoms with Crippen molar-refractivity contribution in [2.75, 3.05) is 202 Å². The first kappa shape index (κ1) is 74.9. The number of ether oxygens (including phenoxy) is 1. The molecule has 461 valence electrons. The second-order valence-electron chi connectivity index (χ2n) is 19.0. The maximum atomic E-state index is 14.0. The Bertz CT molecular complexity index is 2310. The Hall–Kier alpha value is -3.17. The number of halogens is 3. The van der Waals surface area contributed by atoms with Crippen LogP contribution in [0.25, 0.3) is 0 Å². The normalized spacial score (nSPS) is 17.2. The van der Waals surface area contributed by atoms with Gasteiger partial charge in [0.2, 0.25) is 11.8 Å². The summed E-state index contributed by atoms with van der Waals surface area (Å²) in [5.41, 5.74) is -0.0636. The molecule has 5 amide bonds. The first-order chi connectivity index (χ1) is 38.3. The quantitative estimate of drug-likeness (QED) is 0.0308. The second kappa shape index (κ2) is 40.3. The van der Waals surface area contributed by atoms with Gasteiger partial charge in [0.25, 0.3) is 11.8 Å². The molecular weight excluding hydrogens is 1570 g/mol. The van der Waals surface area contributed by atoms with Crippen molar-refractivity contribution in [2.45, 2.75) is 6.10 Å². The van der Waals surface area contributed by atoms with Crippen LogP contribution in [0, 0.1) is 50.7 Å². The summed E-state index contributed by atoms with van der Waals surface area (Å²) in [7, 11) is 1.88. The summed E-state index contributed by atoms with van der Waals surface area (Å²) in [4.78, 5) is 140. The topological polar surface area (TPSA) is 408 Å². The van der Waals surface area contributed by atoms with Crippen molar-refractivity contribution in [3.63, 3.8) is 0 Å². The van der Waals surface area contributed by atoms with E-state index in [1.54, 1.807) is 29.4 Å². The Morgan fingerprint density at radius 2 is 0.720 bits per heavy atom. The molecule has 2 aliphatic heterocycles. The fourth-order valence-electron chi connectivity index (χ4n) is 8.26. The molecule has 35 heteroatoms. The number of nitrogens with one attached hydrogen (secondary N) is 5. The van der Waals surface area contributed by atoms with E-state index in [4.69, 9.17) is 4.74 Å². The molecular formula is C47H74GdI3N13O18+3. The first-order valence-corrected chi connectivity index (χ1v) is 29.0. The molecule has 0 aromatic heterocycles. The van der Waals surface area contributed by atoms with Gasteiger partial charge in [-0.05, 0) is 74.8 Å². The van der Waals surface area contributed by atoms with Crippen molar-refractivity contribution in [2.24, 2.45) is 0 Å². The van der Waals surface area contributed by atoms with Gasteiger partial charge in [-0.1, -0.05) is 0 Å². The number of amides is 5. The van der Waals surface area contributed by atoms with Crippen LogP contribution in [-0.4, -0.2) is 338 Å². The number of nitrogens with zero attached hydrogens (tertiary/aromatic N) is 8. The molecule has 1 radical (unpaired) electrons. The number of anilines is 1. The monoisotopic (exact) mass is 1650 g/mol. The summed E-state index contributed by atoms with van der Waals surface area (Å²) in [6.07, 6.45) is -2.46. The van der Waals surface area contributed by atoms with E-state index >= 15 is 0 Å². The molecule has 1 aromatic carbocycles. The molecule has 0 bridgehead atoms. The molecule has 12 N–H and O–H groups in total. The van der Waals surface area contributed by atoms with Gasteiger partial charge < -0.3 is 66.6 Å². The fourth-order valence-corrected chi connectivity index (χ4v) is 12.7. The summed E-state index contributed by atoms with van der Waals surface area (Å²) in [6.45, 7) is 1.53. The summed E-state index contributed by atoms with van der Waals surface area (Å²) in [5.74, 6) is -7.55. The van der Waals surface area contributed by atoms with Gasteiger partial charge >= 0.3 is 75.9 Å². The minimum absolute atomic E-state index is 0. The summed E-state index contributed by atoms with van der Waals surface area (Å²) < 4.78 is 5.59. The molecule has 1 aromatic rings. The molecule has 2 saturated heterocycles. The number of aliphatic carboxylic acids is 5. The average Bonchev–Trinajstić information content (AvgIpc) is 3.42. The number of rotatable bonds is 26. The van der Waals surface area contributed by atoms with Crippen LogP contribution in [0.5, 0.6) is 0 Å². The van der Waals surface area contributed by atoms with Gasteiger partial charge in [-0.3, -0.25) is 82.8 Å². The molecule has 3 rings (SSSR count). The van der Waals surface area contributed by atoms with Crippen LogP contribution in [0.4, 0.5) is 10.5 Å². The van der Waals surface area contributed by atoms with Gasteiger partial charge in [-0.15, -0.1) is 0 Å². The SMILES string of the molecule is CN1CCN(CC(=O)O)CCN(CC(=O)O)CCN(CC(=O)NCCNC(=O)c2c(I)c(NC(=O)OCC(O)CO)c(I)c(C(=O)NCCNC(=O)CN3CCN(CC(=O)O)CCN(CC(=O)O)CCN(CC(=O)O)CC3)c2I)CC1.[Gd+3]. The van der Waals surface area contributed by atoms with E-state index in [1.807, 2.05) is 84.6 Å². The van der Waals surface area contributed by atoms with Crippen LogP contribution in [0.3, 0.4) is 0 Å². The Balaban J connectivity index is 0.0000230. The second-order valence-corrected chi connectivity index (χ2v) is 22.3. The number of carboxylic acid groups (broad SMARTS) is 5. The molecule has 1 atom stereocenters. The Morgan fingerprint density at radius 3 is 1.00 bits per heavy atom. The third-order valence-corrected chi connectivity index (χ3v) is 15.8. The molecule has 2 aliphatic rings. The average molecular weight is 1650 g/mol. The van der Waals surface area contributed by atoms with Crippen LogP contribution >= 0.6 is 67.8 Å². The molecule has 2 heterocycles. The minimum atomic E-state index is -1.39. The number of benzene rings is 1. The Labute approximate surface area is 546 Å². The van der Waals surface area contributed by atoms with Crippen LogP contribution in [0.2, 0.25) is 0 Å². The first-order valence-electron chi connectivity index (χ1n) is 25.7. The van der Waals surface area contributed by atoms with E-state index in [0.29, 0.717) is 52.4 Å². The number of carbonyl (C=O) groups is 10. The zero-order chi connectivity index (χ0) is 60.2. The molecule has 0 spiro atoms. The van der Waals surface area contributed by atoms with Gasteiger partial charge in [-0.2, -0.15) is 0 Å². The van der Waals surface area contributed by atoms with Gasteiger partial charge in [0.05, 0.1) is 76.4 Å². The standard InChI is InChI=1S/C47H74I3N13O18.Gd/c1-56-6-8-57(10-13-60(25-35(70)71)17-16-59(9-7-56)24-34(68)69)22-32(66)51-2-4-53-45(78)39-41(48)40(43(50)44(42(39)49)55-47(80)81-30-31(65)29-64)46(79)54-5-3-52-33(67)23-58-11-14-61(26-36(72)73)18-20-63(28-38(76)77)21-19-62(15-12-58)27-37(74)75;/h31,64-65H,2-30H2,1H3,(H,51,66)(H,52,67)(H,53,78)(H,54,79)(H,55,80)(H,68,69)(H,70,71)(H,72,73)(H,74,75)(H,76,77);/q;+3. The minimum Gasteiger partial charge on any atom is -0.480 e. The Morgan fingerprint density at radius 1 is 0.451 bits per heavy atom. The molecule has 2 fully saturated rings. The van der Waals surface area contributed by atoms with Crippen molar-refractivity contribution >= 4 is 133 Å². The van der Waals surface area contributed by atoms with E-state index < -0.39 is 73.0 Å². The number of likely N-dealkylation sites (N-methyl/N-ethyl adjacent to an activating group) is 1. The maximum Gasteiger partial charge on any atom is 3.00 e. The molecule has 1 unspecified atom stereocenters. The van der Waals surface area contributed by atoms with Crippen LogP contribution in [0.1, 0.15) is 20.7 Å². The maximum absolute atomic E-state index is 14.0. The van der Waals surface area contributed by atoms with Crippen molar-refractivity contribution in [1.29, 1.82) is 0 Å². The van der Waals surface area contributed by atoms with Gasteiger partial charge in [-0.25, -0.2) is 4.79 Å². The van der Waals surface area contributed by atoms with Gasteiger partial charge in [0.1, 0.15) is 12.7 Å². The predicted octanol–water partition coefficient (Wildman–Crippen LogP) is -4.41. The van der Waals surface area contributed by atoms with Crippen LogP contribution < -0.4 is 26.6 Å². The van der Waals surface area contributed by atoms with Gasteiger partial charge in [0, 0.05) is 134 Å². The zero-order valence-corrected chi connectivity index (χ0v) is 54.0. The van der Waals surface area contributed by atoms with E-state index in [9.17, 15) is 83.7 Å². The molecule has 82 heavy (non-hydrogen) atoms. The van der Waals surface area contributed by atoms with E-state index in [0.717, 1.165) is 0 Å². The van der Waals surface area contributed by atoms with Gasteiger partial charge in [0.15, 0.2) is 0 Å². The molecule has 31 nitrogen and oxygen atoms in total. The third kappa shape index (κ3) is 29.8. The number of aliphatic hydroxyl groups is 2. The summed E-state index contributed by atoms with van der Waals surface area (Å²) in [5, 5.41) is 79.9. The van der Waals surface area contributed by atoms with Crippen molar-refractivity contribution < 1.29 is 128 Å². The number of aliphatic hydroxyl groups excluding tert-OH is 2. The third-order valence-electron chi connectivity index (χ3n) is 12.6. The summed E-state index contributed by atoms with van der Waals surface area (Å²) >= 11 is 5.47. The molecule has 0 saturated carbocycles. The molecule has 0 aliphatic carbocycles. The smallest absolute Gasteiger partial charge is 0.480 e. The van der Waals surface area contributed by atoms with E-state index in [-0.39, 0.29) is 198 Å². The Kier molecular flexibility index (Phi) is 36.8. The van der Waals surface area contributed by atoms with E-state index in [1.165, 1.54) is 0 Å². The number of carboxylic acids is 5. The number of hydrogen-bond acceptors (Lipinski definition) is 21. The largest absolute Gasteiger partial charge is 3.00 e. The zero-order valence-electron chi connectivity index (χ0n) is 45.3. The van der Waals surface area contributed by atoms with Crippen molar-refractivity contribution in [3.8, 4) is 0 Å².